The van der Waals surface area contributed by atoms with Gasteiger partial charge in [-0.05, 0) is 26.0 Å². The summed E-state index contributed by atoms with van der Waals surface area (Å²) in [5.41, 5.74) is 0.678. The molecular formula is C14H16N4O3S2. The minimum Gasteiger partial charge on any atom is -0.454 e. The lowest BCUT2D eigenvalue weighted by atomic mass is 10.2. The van der Waals surface area contributed by atoms with Gasteiger partial charge < -0.3 is 20.1 Å². The number of hydrogen-bond donors (Lipinski definition) is 2. The van der Waals surface area contributed by atoms with Gasteiger partial charge in [-0.2, -0.15) is 0 Å². The Kier molecular flexibility index (Phi) is 4.87. The molecule has 7 nitrogen and oxygen atoms in total. The highest BCUT2D eigenvalue weighted by atomic mass is 32.2. The van der Waals surface area contributed by atoms with E-state index in [1.807, 2.05) is 13.8 Å². The van der Waals surface area contributed by atoms with Gasteiger partial charge in [0, 0.05) is 18.3 Å². The van der Waals surface area contributed by atoms with Crippen molar-refractivity contribution in [2.75, 3.05) is 24.0 Å². The summed E-state index contributed by atoms with van der Waals surface area (Å²) in [6.07, 6.45) is 0. The molecule has 3 rings (SSSR count). The van der Waals surface area contributed by atoms with Crippen molar-refractivity contribution < 1.29 is 14.3 Å². The number of ether oxygens (including phenoxy) is 2. The molecule has 1 aliphatic rings. The molecule has 0 radical (unpaired) electrons. The molecule has 23 heavy (non-hydrogen) atoms. The Bertz CT molecular complexity index is 707. The summed E-state index contributed by atoms with van der Waals surface area (Å²) in [7, 11) is 0. The first-order chi connectivity index (χ1) is 11.2. The quantitative estimate of drug-likeness (QED) is 0.773. The van der Waals surface area contributed by atoms with E-state index >= 15 is 0 Å². The van der Waals surface area contributed by atoms with Crippen LogP contribution in [0.4, 0.5) is 10.8 Å². The number of hydrogen-bond acceptors (Lipinski definition) is 8. The number of aromatic nitrogens is 2. The zero-order valence-electron chi connectivity index (χ0n) is 12.7. The van der Waals surface area contributed by atoms with Crippen molar-refractivity contribution >= 4 is 39.8 Å². The summed E-state index contributed by atoms with van der Waals surface area (Å²) in [6.45, 7) is 4.83. The van der Waals surface area contributed by atoms with E-state index in [0.717, 1.165) is 16.0 Å². The number of benzene rings is 1. The second kappa shape index (κ2) is 7.05. The van der Waals surface area contributed by atoms with E-state index < -0.39 is 0 Å². The lowest BCUT2D eigenvalue weighted by molar-refractivity contribution is -0.115. The molecule has 2 heterocycles. The third kappa shape index (κ3) is 3.85. The highest BCUT2D eigenvalue weighted by Crippen LogP contribution is 2.35. The smallest absolute Gasteiger partial charge is 0.237 e. The molecular weight excluding hydrogens is 336 g/mol. The molecule has 1 aliphatic heterocycles. The van der Waals surface area contributed by atoms with Gasteiger partial charge in [-0.25, -0.2) is 0 Å². The summed E-state index contributed by atoms with van der Waals surface area (Å²) in [5, 5.41) is 14.5. The van der Waals surface area contributed by atoms with Crippen LogP contribution in [0.5, 0.6) is 11.5 Å². The SMILES string of the molecule is CCNc1nnc(S[C@@H](C)C(=O)Nc2ccc3c(c2)OCO3)s1. The standard InChI is InChI=1S/C14H16N4O3S2/c1-3-15-13-17-18-14(23-13)22-8(2)12(19)16-9-4-5-10-11(6-9)21-7-20-10/h4-6,8H,3,7H2,1-2H3,(H,15,17)(H,16,19)/t8-/m0/s1. The largest absolute Gasteiger partial charge is 0.454 e. The molecule has 0 fully saturated rings. The van der Waals surface area contributed by atoms with Gasteiger partial charge >= 0.3 is 0 Å². The number of thioether (sulfide) groups is 1. The molecule has 0 unspecified atom stereocenters. The molecule has 1 aromatic carbocycles. The Morgan fingerprint density at radius 2 is 2.22 bits per heavy atom. The van der Waals surface area contributed by atoms with Gasteiger partial charge in [-0.1, -0.05) is 23.1 Å². The van der Waals surface area contributed by atoms with Crippen LogP contribution in [0.2, 0.25) is 0 Å². The van der Waals surface area contributed by atoms with E-state index in [2.05, 4.69) is 20.8 Å². The van der Waals surface area contributed by atoms with E-state index in [0.29, 0.717) is 17.2 Å². The van der Waals surface area contributed by atoms with Crippen LogP contribution in [0.3, 0.4) is 0 Å². The van der Waals surface area contributed by atoms with Crippen molar-refractivity contribution in [1.29, 1.82) is 0 Å². The average molecular weight is 352 g/mol. The van der Waals surface area contributed by atoms with Crippen molar-refractivity contribution in [3.05, 3.63) is 18.2 Å². The van der Waals surface area contributed by atoms with Crippen molar-refractivity contribution in [3.8, 4) is 11.5 Å². The van der Waals surface area contributed by atoms with Crippen LogP contribution in [-0.2, 0) is 4.79 Å². The fraction of sp³-hybridized carbons (Fsp3) is 0.357. The lowest BCUT2D eigenvalue weighted by Gasteiger charge is -2.10. The molecule has 9 heteroatoms. The maximum Gasteiger partial charge on any atom is 0.237 e. The zero-order valence-corrected chi connectivity index (χ0v) is 14.3. The maximum atomic E-state index is 12.3. The summed E-state index contributed by atoms with van der Waals surface area (Å²) in [6, 6.07) is 5.33. The van der Waals surface area contributed by atoms with Crippen LogP contribution in [-0.4, -0.2) is 34.7 Å². The average Bonchev–Trinajstić information content (AvgIpc) is 3.16. The number of anilines is 2. The topological polar surface area (TPSA) is 85.4 Å². The first kappa shape index (κ1) is 15.9. The number of carbonyl (C=O) groups excluding carboxylic acids is 1. The fourth-order valence-electron chi connectivity index (χ4n) is 1.90. The minimum atomic E-state index is -0.289. The summed E-state index contributed by atoms with van der Waals surface area (Å²) >= 11 is 2.82. The van der Waals surface area contributed by atoms with E-state index in [4.69, 9.17) is 9.47 Å². The van der Waals surface area contributed by atoms with Crippen molar-refractivity contribution in [3.63, 3.8) is 0 Å². The monoisotopic (exact) mass is 352 g/mol. The highest BCUT2D eigenvalue weighted by molar-refractivity contribution is 8.02. The van der Waals surface area contributed by atoms with Gasteiger partial charge in [0.2, 0.25) is 17.8 Å². The Labute approximate surface area is 141 Å². The Morgan fingerprint density at radius 3 is 3.04 bits per heavy atom. The van der Waals surface area contributed by atoms with Crippen LogP contribution in [0, 0.1) is 0 Å². The van der Waals surface area contributed by atoms with Gasteiger partial charge in [0.1, 0.15) is 0 Å². The Balaban J connectivity index is 1.58. The highest BCUT2D eigenvalue weighted by Gasteiger charge is 2.19. The molecule has 1 atom stereocenters. The van der Waals surface area contributed by atoms with Gasteiger partial charge in [0.15, 0.2) is 15.8 Å². The molecule has 2 N–H and O–H groups in total. The molecule has 2 aromatic rings. The second-order valence-electron chi connectivity index (χ2n) is 4.72. The zero-order chi connectivity index (χ0) is 16.2. The van der Waals surface area contributed by atoms with Crippen molar-refractivity contribution in [1.82, 2.24) is 10.2 Å². The van der Waals surface area contributed by atoms with Crippen molar-refractivity contribution in [2.45, 2.75) is 23.4 Å². The van der Waals surface area contributed by atoms with Crippen molar-refractivity contribution in [2.24, 2.45) is 0 Å². The Hall–Kier alpha value is -2.00. The lowest BCUT2D eigenvalue weighted by Crippen LogP contribution is -2.22. The van der Waals surface area contributed by atoms with Gasteiger partial charge in [0.05, 0.1) is 5.25 Å². The van der Waals surface area contributed by atoms with Crippen LogP contribution < -0.4 is 20.1 Å². The molecule has 0 bridgehead atoms. The molecule has 0 saturated heterocycles. The van der Waals surface area contributed by atoms with Crippen LogP contribution in [0.25, 0.3) is 0 Å². The van der Waals surface area contributed by atoms with Gasteiger partial charge in [-0.3, -0.25) is 4.79 Å². The summed E-state index contributed by atoms with van der Waals surface area (Å²) < 4.78 is 11.3. The van der Waals surface area contributed by atoms with Crippen LogP contribution >= 0.6 is 23.1 Å². The first-order valence-electron chi connectivity index (χ1n) is 7.10. The fourth-order valence-corrected chi connectivity index (χ4v) is 3.87. The molecule has 0 saturated carbocycles. The predicted molar refractivity (Wildman–Crippen MR) is 90.6 cm³/mol. The van der Waals surface area contributed by atoms with Crippen LogP contribution in [0.1, 0.15) is 13.8 Å². The first-order valence-corrected chi connectivity index (χ1v) is 8.80. The number of rotatable bonds is 6. The molecule has 122 valence electrons. The number of nitrogens with one attached hydrogen (secondary N) is 2. The molecule has 1 amide bonds. The maximum absolute atomic E-state index is 12.3. The summed E-state index contributed by atoms with van der Waals surface area (Å²) in [5.74, 6) is 1.23. The number of fused-ring (bicyclic) bond motifs is 1. The van der Waals surface area contributed by atoms with Gasteiger partial charge in [-0.15, -0.1) is 10.2 Å². The molecule has 0 spiro atoms. The number of amides is 1. The molecule has 0 aliphatic carbocycles. The second-order valence-corrected chi connectivity index (χ2v) is 7.29. The van der Waals surface area contributed by atoms with E-state index in [-0.39, 0.29) is 18.0 Å². The predicted octanol–water partition coefficient (Wildman–Crippen LogP) is 2.82. The minimum absolute atomic E-state index is 0.103. The third-order valence-corrected chi connectivity index (χ3v) is 5.09. The van der Waals surface area contributed by atoms with E-state index in [1.165, 1.54) is 23.1 Å². The molecule has 1 aromatic heterocycles. The normalized spacial score (nSPS) is 13.7. The van der Waals surface area contributed by atoms with Crippen LogP contribution in [0.15, 0.2) is 22.5 Å². The van der Waals surface area contributed by atoms with Gasteiger partial charge in [0.25, 0.3) is 0 Å². The Morgan fingerprint density at radius 1 is 1.39 bits per heavy atom. The summed E-state index contributed by atoms with van der Waals surface area (Å²) in [4.78, 5) is 12.3. The van der Waals surface area contributed by atoms with E-state index in [9.17, 15) is 4.79 Å². The third-order valence-electron chi connectivity index (χ3n) is 3.02. The number of nitrogens with zero attached hydrogens (tertiary/aromatic N) is 2. The number of carbonyl (C=O) groups is 1. The van der Waals surface area contributed by atoms with E-state index in [1.54, 1.807) is 18.2 Å².